The van der Waals surface area contributed by atoms with Crippen molar-refractivity contribution in [2.24, 2.45) is 0 Å². The maximum absolute atomic E-state index is 12.5. The number of ether oxygens (including phenoxy) is 4. The van der Waals surface area contributed by atoms with Gasteiger partial charge in [0.2, 0.25) is 5.91 Å². The van der Waals surface area contributed by atoms with Gasteiger partial charge in [0.15, 0.2) is 11.5 Å². The minimum Gasteiger partial charge on any atom is -0.434 e. The molecule has 0 unspecified atom stereocenters. The third kappa shape index (κ3) is 7.36. The van der Waals surface area contributed by atoms with E-state index in [9.17, 15) is 18.9 Å². The van der Waals surface area contributed by atoms with Crippen molar-refractivity contribution in [3.8, 4) is 22.6 Å². The van der Waals surface area contributed by atoms with E-state index in [1.165, 1.54) is 7.05 Å². The molecule has 0 bridgehead atoms. The average molecular weight is 496 g/mol. The topological polar surface area (TPSA) is 144 Å². The van der Waals surface area contributed by atoms with Crippen LogP contribution >= 0.6 is 7.14 Å². The first kappa shape index (κ1) is 26.9. The molecule has 12 heteroatoms. The lowest BCUT2D eigenvalue weighted by Crippen LogP contribution is -2.28. The smallest absolute Gasteiger partial charge is 0.434 e. The van der Waals surface area contributed by atoms with Crippen LogP contribution in [0.4, 0.5) is 15.3 Å². The third-order valence-electron chi connectivity index (χ3n) is 4.36. The van der Waals surface area contributed by atoms with Crippen molar-refractivity contribution in [3.05, 3.63) is 29.8 Å². The molecule has 0 aromatic heterocycles. The molecule has 0 heterocycles. The van der Waals surface area contributed by atoms with Crippen molar-refractivity contribution in [1.82, 2.24) is 5.06 Å². The number of nitrogens with zero attached hydrogens (tertiary/aromatic N) is 1. The highest BCUT2D eigenvalue weighted by Crippen LogP contribution is 2.50. The van der Waals surface area contributed by atoms with Crippen LogP contribution in [0.2, 0.25) is 0 Å². The van der Waals surface area contributed by atoms with Crippen molar-refractivity contribution in [2.75, 3.05) is 45.7 Å². The molecule has 34 heavy (non-hydrogen) atoms. The van der Waals surface area contributed by atoms with Gasteiger partial charge in [-0.15, -0.1) is 0 Å². The summed E-state index contributed by atoms with van der Waals surface area (Å²) in [5.74, 6) is -0.475. The monoisotopic (exact) mass is 496 g/mol. The average Bonchev–Trinajstić information content (AvgIpc) is 2.88. The molecule has 0 aromatic rings. The number of anilines is 1. The Balaban J connectivity index is 2.39. The summed E-state index contributed by atoms with van der Waals surface area (Å²) in [5, 5.41) is 1.04. The Morgan fingerprint density at radius 2 is 1.38 bits per heavy atom. The van der Waals surface area contributed by atoms with Crippen molar-refractivity contribution in [2.45, 2.75) is 20.3 Å². The highest BCUT2D eigenvalue weighted by molar-refractivity contribution is 7.62. The Hall–Kier alpha value is -3.30. The fourth-order valence-corrected chi connectivity index (χ4v) is 3.24. The highest BCUT2D eigenvalue weighted by atomic mass is 31.2. The largest absolute Gasteiger partial charge is 0.513 e. The summed E-state index contributed by atoms with van der Waals surface area (Å²) in [4.78, 5) is 41.6. The van der Waals surface area contributed by atoms with Crippen LogP contribution in [0.5, 0.6) is 11.5 Å². The molecule has 0 radical (unpaired) electrons. The summed E-state index contributed by atoms with van der Waals surface area (Å²) in [6.45, 7) is 6.53. The molecule has 0 atom stereocenters. The van der Waals surface area contributed by atoms with Crippen LogP contribution in [0, 0.1) is 0 Å². The van der Waals surface area contributed by atoms with Gasteiger partial charge >= 0.3 is 12.3 Å². The summed E-state index contributed by atoms with van der Waals surface area (Å²) in [5.41, 5.74) is 7.31. The Kier molecular flexibility index (Phi) is 9.28. The SMILES string of the molecule is CCOC(=O)Oc1c2ccc(CC(=O)N(C)OCP(C)(C)=O)ccc-2c(OC(=O)OCC)c1N. The quantitative estimate of drug-likeness (QED) is 0.308. The second-order valence-corrected chi connectivity index (χ2v) is 11.0. The Morgan fingerprint density at radius 3 is 1.79 bits per heavy atom. The molecule has 2 aliphatic rings. The van der Waals surface area contributed by atoms with Crippen LogP contribution in [0.25, 0.3) is 11.1 Å². The summed E-state index contributed by atoms with van der Waals surface area (Å²) in [6.07, 6.45) is -2.06. The molecule has 0 saturated carbocycles. The first-order valence-electron chi connectivity index (χ1n) is 10.4. The standard InChI is InChI=1S/C22H29N2O9P/c1-6-29-21(26)32-19-15-10-8-14(12-17(25)24(3)31-13-34(4,5)28)9-11-16(15)20(18(19)23)33-22(27)30-7-2/h8-11H,6-7,12-13,23H2,1-5H3. The van der Waals surface area contributed by atoms with Crippen LogP contribution < -0.4 is 15.2 Å². The Morgan fingerprint density at radius 1 is 0.912 bits per heavy atom. The molecule has 0 spiro atoms. The highest BCUT2D eigenvalue weighted by Gasteiger charge is 2.28. The second-order valence-electron chi connectivity index (χ2n) is 7.61. The fraction of sp³-hybridized carbons (Fsp3) is 0.409. The summed E-state index contributed by atoms with van der Waals surface area (Å²) in [6, 6.07) is 6.41. The summed E-state index contributed by atoms with van der Waals surface area (Å²) >= 11 is 0. The number of carbonyl (C=O) groups excluding carboxylic acids is 3. The molecule has 0 aromatic carbocycles. The molecule has 0 fully saturated rings. The molecule has 0 saturated heterocycles. The molecular formula is C22H29N2O9P. The molecule has 11 nitrogen and oxygen atoms in total. The van der Waals surface area contributed by atoms with Gasteiger partial charge in [-0.2, -0.15) is 0 Å². The zero-order valence-electron chi connectivity index (χ0n) is 19.8. The zero-order chi connectivity index (χ0) is 25.5. The van der Waals surface area contributed by atoms with Crippen LogP contribution in [0.3, 0.4) is 0 Å². The van der Waals surface area contributed by atoms with E-state index in [0.29, 0.717) is 16.7 Å². The number of likely N-dealkylation sites (N-methyl/N-ethyl adjacent to an activating group) is 1. The number of rotatable bonds is 9. The first-order chi connectivity index (χ1) is 16.0. The van der Waals surface area contributed by atoms with Gasteiger partial charge in [-0.25, -0.2) is 14.7 Å². The molecule has 2 rings (SSSR count). The molecule has 2 aliphatic carbocycles. The first-order valence-corrected chi connectivity index (χ1v) is 13.2. The maximum atomic E-state index is 12.5. The molecule has 0 aliphatic heterocycles. The predicted molar refractivity (Wildman–Crippen MR) is 125 cm³/mol. The van der Waals surface area contributed by atoms with Gasteiger partial charge in [-0.05, 0) is 32.7 Å². The van der Waals surface area contributed by atoms with E-state index < -0.39 is 19.5 Å². The van der Waals surface area contributed by atoms with E-state index in [-0.39, 0.29) is 49.1 Å². The minimum atomic E-state index is -2.46. The third-order valence-corrected chi connectivity index (χ3v) is 5.10. The number of nitrogens with two attached hydrogens (primary N) is 1. The van der Waals surface area contributed by atoms with Crippen molar-refractivity contribution >= 4 is 31.0 Å². The van der Waals surface area contributed by atoms with Crippen LogP contribution in [-0.4, -0.2) is 63.2 Å². The summed E-state index contributed by atoms with van der Waals surface area (Å²) < 4.78 is 31.9. The van der Waals surface area contributed by atoms with Gasteiger partial charge in [-0.1, -0.05) is 24.3 Å². The van der Waals surface area contributed by atoms with Crippen molar-refractivity contribution in [3.63, 3.8) is 0 Å². The van der Waals surface area contributed by atoms with Crippen molar-refractivity contribution < 1.29 is 42.7 Å². The number of hydrogen-bond donors (Lipinski definition) is 1. The van der Waals surface area contributed by atoms with Crippen molar-refractivity contribution in [1.29, 1.82) is 0 Å². The van der Waals surface area contributed by atoms with Gasteiger partial charge in [0.1, 0.15) is 19.2 Å². The predicted octanol–water partition coefficient (Wildman–Crippen LogP) is 3.96. The van der Waals surface area contributed by atoms with Crippen LogP contribution in [0.15, 0.2) is 24.3 Å². The van der Waals surface area contributed by atoms with E-state index in [2.05, 4.69) is 0 Å². The zero-order valence-corrected chi connectivity index (χ0v) is 20.7. The number of nitrogen functional groups attached to an aromatic ring is 1. The Bertz CT molecular complexity index is 1010. The van der Waals surface area contributed by atoms with E-state index in [4.69, 9.17) is 29.5 Å². The molecule has 1 amide bonds. The second kappa shape index (κ2) is 11.7. The maximum Gasteiger partial charge on any atom is 0.513 e. The van der Waals surface area contributed by atoms with Gasteiger partial charge in [0.25, 0.3) is 0 Å². The fourth-order valence-electron chi connectivity index (χ4n) is 2.79. The minimum absolute atomic E-state index is 0.0386. The lowest BCUT2D eigenvalue weighted by Gasteiger charge is -2.18. The van der Waals surface area contributed by atoms with Gasteiger partial charge in [0.05, 0.1) is 19.6 Å². The molecule has 186 valence electrons. The molecule has 2 N–H and O–H groups in total. The molecular weight excluding hydrogens is 467 g/mol. The number of hydrogen-bond acceptors (Lipinski definition) is 10. The van der Waals surface area contributed by atoms with Crippen LogP contribution in [0.1, 0.15) is 19.4 Å². The van der Waals surface area contributed by atoms with E-state index in [0.717, 1.165) is 5.06 Å². The number of amides is 1. The van der Waals surface area contributed by atoms with Gasteiger partial charge in [0, 0.05) is 18.2 Å². The number of fused-ring (bicyclic) bond motifs is 1. The van der Waals surface area contributed by atoms with Crippen LogP contribution in [-0.2, 0) is 30.1 Å². The van der Waals surface area contributed by atoms with E-state index >= 15 is 0 Å². The number of carbonyl (C=O) groups is 3. The van der Waals surface area contributed by atoms with E-state index in [1.54, 1.807) is 51.4 Å². The summed E-state index contributed by atoms with van der Waals surface area (Å²) in [7, 11) is -1.02. The van der Waals surface area contributed by atoms with Gasteiger partial charge in [-0.3, -0.25) is 9.63 Å². The number of hydroxylamine groups is 2. The van der Waals surface area contributed by atoms with Gasteiger partial charge < -0.3 is 29.2 Å². The van der Waals surface area contributed by atoms with E-state index in [1.807, 2.05) is 0 Å². The Labute approximate surface area is 197 Å². The normalized spacial score (nSPS) is 11.1. The lowest BCUT2D eigenvalue weighted by atomic mass is 10.2. The lowest BCUT2D eigenvalue weighted by molar-refractivity contribution is -0.170.